The summed E-state index contributed by atoms with van der Waals surface area (Å²) in [5, 5.41) is 3.14. The average Bonchev–Trinajstić information content (AvgIpc) is 3.60. The second-order valence-electron chi connectivity index (χ2n) is 12.1. The summed E-state index contributed by atoms with van der Waals surface area (Å²) in [6.07, 6.45) is 4.41. The van der Waals surface area contributed by atoms with Crippen molar-refractivity contribution in [2.45, 2.75) is 43.7 Å². The van der Waals surface area contributed by atoms with E-state index in [4.69, 9.17) is 4.74 Å². The summed E-state index contributed by atoms with van der Waals surface area (Å²) in [7, 11) is 0. The van der Waals surface area contributed by atoms with E-state index < -0.39 is 0 Å². The number of nitrogens with zero attached hydrogens (tertiary/aromatic N) is 2. The van der Waals surface area contributed by atoms with Gasteiger partial charge in [0, 0.05) is 31.1 Å². The Bertz CT molecular complexity index is 1440. The predicted molar refractivity (Wildman–Crippen MR) is 174 cm³/mol. The lowest BCUT2D eigenvalue weighted by Crippen LogP contribution is -2.43. The summed E-state index contributed by atoms with van der Waals surface area (Å²) in [6.45, 7) is 5.26. The summed E-state index contributed by atoms with van der Waals surface area (Å²) in [4.78, 5) is 18.2. The van der Waals surface area contributed by atoms with Crippen molar-refractivity contribution in [1.82, 2.24) is 15.1 Å². The first-order valence-corrected chi connectivity index (χ1v) is 16.0. The van der Waals surface area contributed by atoms with Crippen LogP contribution >= 0.6 is 0 Å². The van der Waals surface area contributed by atoms with Gasteiger partial charge in [-0.05, 0) is 92.3 Å². The molecule has 0 aliphatic carbocycles. The molecule has 1 N–H and O–H groups in total. The number of nitrogens with one attached hydrogen (secondary N) is 1. The smallest absolute Gasteiger partial charge is 0.251 e. The molecule has 0 bridgehead atoms. The van der Waals surface area contributed by atoms with E-state index in [-0.39, 0.29) is 23.9 Å². The number of rotatable bonds is 11. The number of hydrogen-bond donors (Lipinski definition) is 1. The Morgan fingerprint density at radius 1 is 0.795 bits per heavy atom. The Labute approximate surface area is 260 Å². The van der Waals surface area contributed by atoms with E-state index >= 15 is 0 Å². The number of piperidine rings is 1. The predicted octanol–water partition coefficient (Wildman–Crippen LogP) is 7.07. The molecule has 2 atom stereocenters. The third kappa shape index (κ3) is 7.74. The Hall–Kier alpha value is -4.00. The SMILES string of the molecule is O=C(NCC(c1ccc(F)cc1)N1CCCC1)c1cccc(OC2CCCN(CC(c3ccccc3)c3ccccc3)C2)c1. The lowest BCUT2D eigenvalue weighted by Gasteiger charge is -2.35. The minimum absolute atomic E-state index is 0.0188. The molecule has 44 heavy (non-hydrogen) atoms. The van der Waals surface area contributed by atoms with E-state index in [0.29, 0.717) is 18.0 Å². The van der Waals surface area contributed by atoms with Gasteiger partial charge in [-0.3, -0.25) is 14.6 Å². The first kappa shape index (κ1) is 30.0. The van der Waals surface area contributed by atoms with Gasteiger partial charge >= 0.3 is 0 Å². The van der Waals surface area contributed by atoms with Crippen molar-refractivity contribution < 1.29 is 13.9 Å². The van der Waals surface area contributed by atoms with Crippen LogP contribution in [0.25, 0.3) is 0 Å². The van der Waals surface area contributed by atoms with E-state index in [1.165, 1.54) is 23.3 Å². The van der Waals surface area contributed by atoms with Crippen molar-refractivity contribution in [3.8, 4) is 5.75 Å². The molecule has 228 valence electrons. The quantitative estimate of drug-likeness (QED) is 0.203. The summed E-state index contributed by atoms with van der Waals surface area (Å²) >= 11 is 0. The molecule has 2 unspecified atom stereocenters. The van der Waals surface area contributed by atoms with Gasteiger partial charge in [-0.2, -0.15) is 0 Å². The van der Waals surface area contributed by atoms with Gasteiger partial charge in [-0.25, -0.2) is 4.39 Å². The molecule has 4 aromatic rings. The van der Waals surface area contributed by atoms with E-state index in [1.54, 1.807) is 0 Å². The molecule has 2 heterocycles. The molecule has 4 aromatic carbocycles. The molecule has 0 radical (unpaired) electrons. The Balaban J connectivity index is 1.08. The number of likely N-dealkylation sites (tertiary alicyclic amines) is 2. The normalized spacial score (nSPS) is 18.3. The van der Waals surface area contributed by atoms with Crippen LogP contribution in [-0.4, -0.2) is 61.1 Å². The highest BCUT2D eigenvalue weighted by atomic mass is 19.1. The maximum absolute atomic E-state index is 13.6. The van der Waals surface area contributed by atoms with Crippen LogP contribution in [0.15, 0.2) is 109 Å². The van der Waals surface area contributed by atoms with Crippen molar-refractivity contribution in [2.75, 3.05) is 39.3 Å². The number of benzene rings is 4. The molecule has 2 fully saturated rings. The fraction of sp³-hybridized carbons (Fsp3) is 0.342. The average molecular weight is 592 g/mol. The Morgan fingerprint density at radius 2 is 1.48 bits per heavy atom. The van der Waals surface area contributed by atoms with Crippen LogP contribution in [-0.2, 0) is 0 Å². The number of ether oxygens (including phenoxy) is 1. The van der Waals surface area contributed by atoms with Crippen LogP contribution in [0.3, 0.4) is 0 Å². The minimum atomic E-state index is -0.247. The van der Waals surface area contributed by atoms with E-state index in [9.17, 15) is 9.18 Å². The van der Waals surface area contributed by atoms with Gasteiger partial charge in [-0.1, -0.05) is 78.9 Å². The Morgan fingerprint density at radius 3 is 2.16 bits per heavy atom. The second kappa shape index (κ2) is 14.7. The topological polar surface area (TPSA) is 44.8 Å². The highest BCUT2D eigenvalue weighted by Gasteiger charge is 2.26. The molecular formula is C38H42FN3O2. The lowest BCUT2D eigenvalue weighted by atomic mass is 9.90. The zero-order valence-corrected chi connectivity index (χ0v) is 25.3. The number of carbonyl (C=O) groups is 1. The van der Waals surface area contributed by atoms with Crippen LogP contribution in [0.4, 0.5) is 4.39 Å². The summed E-state index contributed by atoms with van der Waals surface area (Å²) in [5.41, 5.74) is 4.26. The molecule has 2 aliphatic rings. The molecule has 2 saturated heterocycles. The van der Waals surface area contributed by atoms with Crippen LogP contribution < -0.4 is 10.1 Å². The van der Waals surface area contributed by atoms with Crippen molar-refractivity contribution >= 4 is 5.91 Å². The first-order valence-electron chi connectivity index (χ1n) is 16.0. The maximum atomic E-state index is 13.6. The van der Waals surface area contributed by atoms with Crippen molar-refractivity contribution in [1.29, 1.82) is 0 Å². The Kier molecular flexibility index (Phi) is 10.0. The fourth-order valence-electron chi connectivity index (χ4n) is 6.70. The molecular weight excluding hydrogens is 549 g/mol. The molecule has 6 rings (SSSR count). The van der Waals surface area contributed by atoms with E-state index in [2.05, 4.69) is 75.8 Å². The van der Waals surface area contributed by atoms with Crippen molar-refractivity contribution in [3.63, 3.8) is 0 Å². The molecule has 6 heteroatoms. The van der Waals surface area contributed by atoms with Gasteiger partial charge < -0.3 is 10.1 Å². The second-order valence-corrected chi connectivity index (χ2v) is 12.1. The molecule has 0 aromatic heterocycles. The molecule has 0 spiro atoms. The number of hydrogen-bond acceptors (Lipinski definition) is 4. The zero-order chi connectivity index (χ0) is 30.1. The van der Waals surface area contributed by atoms with Crippen molar-refractivity contribution in [2.24, 2.45) is 0 Å². The summed E-state index contributed by atoms with van der Waals surface area (Å²) in [5.74, 6) is 0.646. The minimum Gasteiger partial charge on any atom is -0.489 e. The van der Waals surface area contributed by atoms with Gasteiger partial charge in [-0.15, -0.1) is 0 Å². The number of carbonyl (C=O) groups excluding carboxylic acids is 1. The lowest BCUT2D eigenvalue weighted by molar-refractivity contribution is 0.0860. The van der Waals surface area contributed by atoms with Gasteiger partial charge in [0.25, 0.3) is 5.91 Å². The van der Waals surface area contributed by atoms with Gasteiger partial charge in [0.05, 0.1) is 6.04 Å². The van der Waals surface area contributed by atoms with Gasteiger partial charge in [0.2, 0.25) is 0 Å². The third-order valence-corrected chi connectivity index (χ3v) is 9.00. The first-order chi connectivity index (χ1) is 21.6. The van der Waals surface area contributed by atoms with Crippen LogP contribution in [0.5, 0.6) is 5.75 Å². The standard InChI is InChI=1S/C38H42FN3O2/c39-33-20-18-31(19-21-33)37(42-23-7-8-24-42)26-40-38(43)32-15-9-16-34(25-32)44-35-17-10-22-41(27-35)28-36(29-11-3-1-4-12-29)30-13-5-2-6-14-30/h1-6,9,11-16,18-21,25,35-37H,7-8,10,17,22-24,26-28H2,(H,40,43). The number of halogens is 1. The molecule has 0 saturated carbocycles. The van der Waals surface area contributed by atoms with Crippen LogP contribution in [0.1, 0.15) is 64.7 Å². The third-order valence-electron chi connectivity index (χ3n) is 9.00. The summed E-state index contributed by atoms with van der Waals surface area (Å²) in [6, 6.07) is 35.7. The highest BCUT2D eigenvalue weighted by molar-refractivity contribution is 5.94. The van der Waals surface area contributed by atoms with E-state index in [0.717, 1.165) is 69.7 Å². The van der Waals surface area contributed by atoms with Gasteiger partial charge in [0.1, 0.15) is 17.7 Å². The molecule has 1 amide bonds. The fourth-order valence-corrected chi connectivity index (χ4v) is 6.70. The molecule has 5 nitrogen and oxygen atoms in total. The monoisotopic (exact) mass is 591 g/mol. The van der Waals surface area contributed by atoms with Crippen LogP contribution in [0.2, 0.25) is 0 Å². The maximum Gasteiger partial charge on any atom is 0.251 e. The summed E-state index contributed by atoms with van der Waals surface area (Å²) < 4.78 is 20.1. The molecule has 2 aliphatic heterocycles. The van der Waals surface area contributed by atoms with Crippen molar-refractivity contribution in [3.05, 3.63) is 137 Å². The van der Waals surface area contributed by atoms with Gasteiger partial charge in [0.15, 0.2) is 0 Å². The largest absolute Gasteiger partial charge is 0.489 e. The highest BCUT2D eigenvalue weighted by Crippen LogP contribution is 2.29. The van der Waals surface area contributed by atoms with E-state index in [1.807, 2.05) is 36.4 Å². The zero-order valence-electron chi connectivity index (χ0n) is 25.3. The number of amides is 1. The van der Waals surface area contributed by atoms with Crippen LogP contribution in [0, 0.1) is 5.82 Å².